The minimum Gasteiger partial charge on any atom is -0.289 e. The van der Waals surface area contributed by atoms with Crippen LogP contribution in [-0.2, 0) is 0 Å². The molecule has 138 valence electrons. The molecule has 0 spiro atoms. The van der Waals surface area contributed by atoms with E-state index in [9.17, 15) is 14.9 Å². The van der Waals surface area contributed by atoms with E-state index in [1.807, 2.05) is 46.3 Å². The van der Waals surface area contributed by atoms with Crippen LogP contribution in [0.15, 0.2) is 71.3 Å². The van der Waals surface area contributed by atoms with Crippen molar-refractivity contribution in [3.05, 3.63) is 87.5 Å². The molecule has 0 saturated carbocycles. The Morgan fingerprint density at radius 3 is 2.82 bits per heavy atom. The number of amides is 1. The SMILES string of the molecule is O=C(N/N=C/c1c(-c2ccccc2)nc2sccn12)c1cccc([N+](=O)[O-])c1. The van der Waals surface area contributed by atoms with E-state index in [4.69, 9.17) is 0 Å². The molecule has 4 aromatic rings. The molecule has 0 saturated heterocycles. The topological polar surface area (TPSA) is 102 Å². The van der Waals surface area contributed by atoms with Gasteiger partial charge in [0.25, 0.3) is 11.6 Å². The van der Waals surface area contributed by atoms with Crippen molar-refractivity contribution < 1.29 is 9.72 Å². The largest absolute Gasteiger partial charge is 0.289 e. The molecular formula is C19H13N5O3S. The molecule has 4 rings (SSSR count). The number of carbonyl (C=O) groups is 1. The highest BCUT2D eigenvalue weighted by Gasteiger charge is 2.14. The molecule has 2 aromatic carbocycles. The molecule has 0 bridgehead atoms. The third kappa shape index (κ3) is 3.38. The first kappa shape index (κ1) is 17.6. The second-order valence-corrected chi connectivity index (χ2v) is 6.65. The first-order chi connectivity index (χ1) is 13.6. The third-order valence-corrected chi connectivity index (χ3v) is 4.77. The van der Waals surface area contributed by atoms with Crippen LogP contribution in [-0.4, -0.2) is 26.4 Å². The van der Waals surface area contributed by atoms with Crippen LogP contribution in [0.25, 0.3) is 16.2 Å². The molecule has 8 nitrogen and oxygen atoms in total. The van der Waals surface area contributed by atoms with Gasteiger partial charge < -0.3 is 0 Å². The van der Waals surface area contributed by atoms with E-state index in [1.54, 1.807) is 0 Å². The smallest absolute Gasteiger partial charge is 0.271 e. The van der Waals surface area contributed by atoms with Crippen LogP contribution >= 0.6 is 11.3 Å². The van der Waals surface area contributed by atoms with Crippen molar-refractivity contribution in [1.82, 2.24) is 14.8 Å². The zero-order valence-electron chi connectivity index (χ0n) is 14.4. The number of nitrogens with zero attached hydrogens (tertiary/aromatic N) is 4. The van der Waals surface area contributed by atoms with Crippen LogP contribution in [0.1, 0.15) is 16.1 Å². The Morgan fingerprint density at radius 2 is 2.04 bits per heavy atom. The fraction of sp³-hybridized carbons (Fsp3) is 0. The number of rotatable bonds is 5. The fourth-order valence-corrected chi connectivity index (χ4v) is 3.43. The number of aromatic nitrogens is 2. The Hall–Kier alpha value is -3.85. The van der Waals surface area contributed by atoms with Crippen LogP contribution in [0.5, 0.6) is 0 Å². The van der Waals surface area contributed by atoms with Crippen molar-refractivity contribution in [2.75, 3.05) is 0 Å². The molecule has 0 fully saturated rings. The molecule has 0 aliphatic rings. The first-order valence-electron chi connectivity index (χ1n) is 8.22. The van der Waals surface area contributed by atoms with Crippen LogP contribution in [0.4, 0.5) is 5.69 Å². The normalized spacial score (nSPS) is 11.1. The highest BCUT2D eigenvalue weighted by Crippen LogP contribution is 2.25. The van der Waals surface area contributed by atoms with Crippen molar-refractivity contribution in [3.63, 3.8) is 0 Å². The van der Waals surface area contributed by atoms with Crippen molar-refractivity contribution in [3.8, 4) is 11.3 Å². The van der Waals surface area contributed by atoms with Crippen LogP contribution in [0.3, 0.4) is 0 Å². The summed E-state index contributed by atoms with van der Waals surface area (Å²) in [6, 6.07) is 15.1. The van der Waals surface area contributed by atoms with Gasteiger partial charge in [0, 0.05) is 34.8 Å². The van der Waals surface area contributed by atoms with E-state index in [-0.39, 0.29) is 11.3 Å². The molecule has 1 N–H and O–H groups in total. The number of imidazole rings is 1. The number of carbonyl (C=O) groups excluding carboxylic acids is 1. The summed E-state index contributed by atoms with van der Waals surface area (Å²) in [4.78, 5) is 28.0. The number of nitrogens with one attached hydrogen (secondary N) is 1. The maximum absolute atomic E-state index is 12.2. The summed E-state index contributed by atoms with van der Waals surface area (Å²) in [6.07, 6.45) is 3.40. The lowest BCUT2D eigenvalue weighted by molar-refractivity contribution is -0.384. The summed E-state index contributed by atoms with van der Waals surface area (Å²) >= 11 is 1.50. The number of non-ortho nitro benzene ring substituents is 1. The molecule has 2 heterocycles. The number of thiazole rings is 1. The second kappa shape index (κ2) is 7.41. The maximum atomic E-state index is 12.2. The lowest BCUT2D eigenvalue weighted by Crippen LogP contribution is -2.17. The standard InChI is InChI=1S/C19H13N5O3S/c25-18(14-7-4-8-15(11-14)24(26)27)22-20-12-16-17(13-5-2-1-3-6-13)21-19-23(16)9-10-28-19/h1-12H,(H,22,25)/b20-12+. The van der Waals surface area contributed by atoms with Gasteiger partial charge in [0.2, 0.25) is 0 Å². The molecule has 0 unspecified atom stereocenters. The van der Waals surface area contributed by atoms with Gasteiger partial charge in [-0.2, -0.15) is 5.10 Å². The van der Waals surface area contributed by atoms with Gasteiger partial charge in [0.1, 0.15) is 0 Å². The predicted molar refractivity (Wildman–Crippen MR) is 107 cm³/mol. The minimum absolute atomic E-state index is 0.154. The summed E-state index contributed by atoms with van der Waals surface area (Å²) in [5.41, 5.74) is 4.82. The number of hydrogen-bond donors (Lipinski definition) is 1. The zero-order valence-corrected chi connectivity index (χ0v) is 15.2. The first-order valence-corrected chi connectivity index (χ1v) is 9.10. The molecule has 28 heavy (non-hydrogen) atoms. The molecule has 0 atom stereocenters. The number of hydrazone groups is 1. The Bertz CT molecular complexity index is 1200. The lowest BCUT2D eigenvalue weighted by atomic mass is 10.1. The highest BCUT2D eigenvalue weighted by atomic mass is 32.1. The molecular weight excluding hydrogens is 378 g/mol. The van der Waals surface area contributed by atoms with E-state index >= 15 is 0 Å². The highest BCUT2D eigenvalue weighted by molar-refractivity contribution is 7.15. The second-order valence-electron chi connectivity index (χ2n) is 5.77. The van der Waals surface area contributed by atoms with E-state index in [0.29, 0.717) is 0 Å². The van der Waals surface area contributed by atoms with Crippen molar-refractivity contribution in [2.45, 2.75) is 0 Å². The maximum Gasteiger partial charge on any atom is 0.271 e. The van der Waals surface area contributed by atoms with Crippen LogP contribution < -0.4 is 5.43 Å². The Labute approximate surface area is 162 Å². The van der Waals surface area contributed by atoms with Gasteiger partial charge in [-0.05, 0) is 6.07 Å². The molecule has 0 aliphatic heterocycles. The van der Waals surface area contributed by atoms with Crippen molar-refractivity contribution >= 4 is 34.1 Å². The number of nitro groups is 1. The summed E-state index contributed by atoms with van der Waals surface area (Å²) in [7, 11) is 0. The lowest BCUT2D eigenvalue weighted by Gasteiger charge is -2.01. The van der Waals surface area contributed by atoms with E-state index in [2.05, 4.69) is 15.5 Å². The molecule has 0 radical (unpaired) electrons. The quantitative estimate of drug-likeness (QED) is 0.318. The summed E-state index contributed by atoms with van der Waals surface area (Å²) < 4.78 is 1.88. The average molecular weight is 391 g/mol. The van der Waals surface area contributed by atoms with Gasteiger partial charge in [0.15, 0.2) is 4.96 Å². The third-order valence-electron chi connectivity index (χ3n) is 4.02. The fourth-order valence-electron chi connectivity index (χ4n) is 2.71. The van der Waals surface area contributed by atoms with Gasteiger partial charge in [-0.25, -0.2) is 10.4 Å². The summed E-state index contributed by atoms with van der Waals surface area (Å²) in [5, 5.41) is 16.8. The van der Waals surface area contributed by atoms with Gasteiger partial charge in [-0.15, -0.1) is 11.3 Å². The average Bonchev–Trinajstić information content (AvgIpc) is 3.31. The number of fused-ring (bicyclic) bond motifs is 1. The van der Waals surface area contributed by atoms with Crippen LogP contribution in [0.2, 0.25) is 0 Å². The molecule has 1 amide bonds. The Balaban J connectivity index is 1.61. The number of hydrogen-bond acceptors (Lipinski definition) is 6. The number of benzene rings is 2. The zero-order chi connectivity index (χ0) is 19.5. The molecule has 0 aliphatic carbocycles. The van der Waals surface area contributed by atoms with Gasteiger partial charge in [-0.3, -0.25) is 19.3 Å². The van der Waals surface area contributed by atoms with Crippen molar-refractivity contribution in [2.24, 2.45) is 5.10 Å². The van der Waals surface area contributed by atoms with E-state index in [1.165, 1.54) is 41.8 Å². The van der Waals surface area contributed by atoms with Crippen LogP contribution in [0, 0.1) is 10.1 Å². The van der Waals surface area contributed by atoms with Gasteiger partial charge in [0.05, 0.1) is 22.5 Å². The Kier molecular flexibility index (Phi) is 4.65. The number of nitro benzene ring substituents is 1. The molecule has 9 heteroatoms. The molecule has 2 aromatic heterocycles. The summed E-state index contributed by atoms with van der Waals surface area (Å²) in [5.74, 6) is -0.535. The van der Waals surface area contributed by atoms with Gasteiger partial charge in [-0.1, -0.05) is 36.4 Å². The van der Waals surface area contributed by atoms with Gasteiger partial charge >= 0.3 is 0 Å². The summed E-state index contributed by atoms with van der Waals surface area (Å²) in [6.45, 7) is 0. The Morgan fingerprint density at radius 1 is 1.21 bits per heavy atom. The van der Waals surface area contributed by atoms with E-state index < -0.39 is 10.8 Å². The van der Waals surface area contributed by atoms with E-state index in [0.717, 1.165) is 21.9 Å². The predicted octanol–water partition coefficient (Wildman–Crippen LogP) is 3.73. The monoisotopic (exact) mass is 391 g/mol. The minimum atomic E-state index is -0.550. The van der Waals surface area contributed by atoms with Crippen molar-refractivity contribution in [1.29, 1.82) is 0 Å².